The molecular weight excluding hydrogens is 463 g/mol. The van der Waals surface area contributed by atoms with Crippen LogP contribution in [0, 0.1) is 24.4 Å². The second kappa shape index (κ2) is 9.02. The van der Waals surface area contributed by atoms with Gasteiger partial charge in [0, 0.05) is 31.3 Å². The van der Waals surface area contributed by atoms with E-state index in [4.69, 9.17) is 0 Å². The number of anilines is 1. The second-order valence-electron chi connectivity index (χ2n) is 8.10. The molecule has 1 N–H and O–H groups in total. The van der Waals surface area contributed by atoms with Gasteiger partial charge in [-0.15, -0.1) is 11.3 Å². The molecule has 0 radical (unpaired) electrons. The number of carbonyl (C=O) groups is 1. The Bertz CT molecular complexity index is 1380. The van der Waals surface area contributed by atoms with Gasteiger partial charge in [-0.05, 0) is 37.5 Å². The Hall–Kier alpha value is -3.53. The van der Waals surface area contributed by atoms with E-state index < -0.39 is 11.6 Å². The van der Waals surface area contributed by atoms with E-state index in [2.05, 4.69) is 20.3 Å². The first kappa shape index (κ1) is 22.3. The third-order valence-corrected chi connectivity index (χ3v) is 6.80. The van der Waals surface area contributed by atoms with Crippen LogP contribution in [0.25, 0.3) is 21.5 Å². The maximum atomic E-state index is 13.6. The SMILES string of the molecule is Cc1nc(C(=O)N2CCC[C@H]2CNc2cnc3cc(F)c(F)cc3n2)c(-c2ccc(F)cc2)s1. The summed E-state index contributed by atoms with van der Waals surface area (Å²) >= 11 is 1.40. The average Bonchev–Trinajstić information content (AvgIpc) is 3.45. The van der Waals surface area contributed by atoms with Gasteiger partial charge in [-0.1, -0.05) is 12.1 Å². The lowest BCUT2D eigenvalue weighted by molar-refractivity contribution is 0.0739. The Kier molecular flexibility index (Phi) is 5.91. The fourth-order valence-corrected chi connectivity index (χ4v) is 5.05. The van der Waals surface area contributed by atoms with E-state index in [1.807, 2.05) is 6.92 Å². The zero-order chi connectivity index (χ0) is 23.8. The molecule has 6 nitrogen and oxygen atoms in total. The Labute approximate surface area is 197 Å². The van der Waals surface area contributed by atoms with Crippen LogP contribution in [0.5, 0.6) is 0 Å². The van der Waals surface area contributed by atoms with Crippen LogP contribution in [0.3, 0.4) is 0 Å². The summed E-state index contributed by atoms with van der Waals surface area (Å²) in [5.74, 6) is -2.06. The zero-order valence-corrected chi connectivity index (χ0v) is 19.0. The van der Waals surface area contributed by atoms with Crippen molar-refractivity contribution in [2.75, 3.05) is 18.4 Å². The van der Waals surface area contributed by atoms with Gasteiger partial charge in [-0.25, -0.2) is 23.1 Å². The normalized spacial score (nSPS) is 15.8. The molecule has 1 atom stereocenters. The number of nitrogens with one attached hydrogen (secondary N) is 1. The number of benzene rings is 2. The molecule has 5 rings (SSSR count). The van der Waals surface area contributed by atoms with Gasteiger partial charge < -0.3 is 10.2 Å². The summed E-state index contributed by atoms with van der Waals surface area (Å²) in [6.45, 7) is 2.85. The maximum absolute atomic E-state index is 13.6. The molecule has 3 heterocycles. The van der Waals surface area contributed by atoms with E-state index in [-0.39, 0.29) is 28.8 Å². The molecule has 0 aliphatic carbocycles. The number of rotatable bonds is 5. The van der Waals surface area contributed by atoms with E-state index in [1.54, 1.807) is 17.0 Å². The molecule has 0 unspecified atom stereocenters. The van der Waals surface area contributed by atoms with Crippen molar-refractivity contribution in [2.45, 2.75) is 25.8 Å². The lowest BCUT2D eigenvalue weighted by Gasteiger charge is -2.25. The first-order chi connectivity index (χ1) is 16.4. The minimum absolute atomic E-state index is 0.0991. The summed E-state index contributed by atoms with van der Waals surface area (Å²) in [4.78, 5) is 28.9. The van der Waals surface area contributed by atoms with Crippen LogP contribution in [0.4, 0.5) is 19.0 Å². The van der Waals surface area contributed by atoms with Crippen molar-refractivity contribution in [2.24, 2.45) is 0 Å². The summed E-state index contributed by atoms with van der Waals surface area (Å²) in [6, 6.07) is 7.95. The van der Waals surface area contributed by atoms with E-state index >= 15 is 0 Å². The number of amides is 1. The summed E-state index contributed by atoms with van der Waals surface area (Å²) in [7, 11) is 0. The molecule has 1 amide bonds. The number of likely N-dealkylation sites (tertiary alicyclic amines) is 1. The molecular formula is C24H20F3N5OS. The van der Waals surface area contributed by atoms with Gasteiger partial charge in [0.15, 0.2) is 11.6 Å². The van der Waals surface area contributed by atoms with Gasteiger partial charge >= 0.3 is 0 Å². The van der Waals surface area contributed by atoms with Crippen molar-refractivity contribution in [3.8, 4) is 10.4 Å². The van der Waals surface area contributed by atoms with Crippen LogP contribution in [-0.2, 0) is 0 Å². The number of aromatic nitrogens is 3. The molecule has 34 heavy (non-hydrogen) atoms. The lowest BCUT2D eigenvalue weighted by Crippen LogP contribution is -2.40. The highest BCUT2D eigenvalue weighted by molar-refractivity contribution is 7.15. The Balaban J connectivity index is 1.34. The predicted octanol–water partition coefficient (Wildman–Crippen LogP) is 5.20. The average molecular weight is 484 g/mol. The van der Waals surface area contributed by atoms with Crippen LogP contribution < -0.4 is 5.32 Å². The van der Waals surface area contributed by atoms with Crippen molar-refractivity contribution in [1.29, 1.82) is 0 Å². The van der Waals surface area contributed by atoms with E-state index in [9.17, 15) is 18.0 Å². The summed E-state index contributed by atoms with van der Waals surface area (Å²) in [5, 5.41) is 3.92. The quantitative estimate of drug-likeness (QED) is 0.423. The number of nitrogens with zero attached hydrogens (tertiary/aromatic N) is 4. The van der Waals surface area contributed by atoms with Crippen LogP contribution in [0.2, 0.25) is 0 Å². The molecule has 1 fully saturated rings. The van der Waals surface area contributed by atoms with Gasteiger partial charge in [-0.3, -0.25) is 9.78 Å². The molecule has 0 spiro atoms. The van der Waals surface area contributed by atoms with Crippen LogP contribution in [0.1, 0.15) is 28.3 Å². The van der Waals surface area contributed by atoms with Crippen molar-refractivity contribution in [1.82, 2.24) is 19.9 Å². The minimum Gasteiger partial charge on any atom is -0.367 e. The number of hydrogen-bond donors (Lipinski definition) is 1. The second-order valence-corrected chi connectivity index (χ2v) is 9.31. The van der Waals surface area contributed by atoms with E-state index in [0.29, 0.717) is 24.6 Å². The maximum Gasteiger partial charge on any atom is 0.274 e. The van der Waals surface area contributed by atoms with Gasteiger partial charge in [0.25, 0.3) is 5.91 Å². The zero-order valence-electron chi connectivity index (χ0n) is 18.2. The lowest BCUT2D eigenvalue weighted by atomic mass is 10.1. The molecule has 174 valence electrons. The minimum atomic E-state index is -0.984. The molecule has 0 saturated carbocycles. The first-order valence-corrected chi connectivity index (χ1v) is 11.6. The summed E-state index contributed by atoms with van der Waals surface area (Å²) < 4.78 is 40.3. The highest BCUT2D eigenvalue weighted by Gasteiger charge is 2.32. The highest BCUT2D eigenvalue weighted by Crippen LogP contribution is 2.32. The molecule has 0 bridgehead atoms. The van der Waals surface area contributed by atoms with Crippen LogP contribution in [0.15, 0.2) is 42.6 Å². The summed E-state index contributed by atoms with van der Waals surface area (Å²) in [5.41, 5.74) is 1.61. The number of halogens is 3. The molecule has 1 aliphatic heterocycles. The topological polar surface area (TPSA) is 71.0 Å². The van der Waals surface area contributed by atoms with Crippen molar-refractivity contribution in [3.63, 3.8) is 0 Å². The van der Waals surface area contributed by atoms with E-state index in [0.717, 1.165) is 40.4 Å². The third kappa shape index (κ3) is 4.33. The molecule has 4 aromatic rings. The Morgan fingerprint density at radius 1 is 1.12 bits per heavy atom. The molecule has 2 aromatic heterocycles. The highest BCUT2D eigenvalue weighted by atomic mass is 32.1. The largest absolute Gasteiger partial charge is 0.367 e. The smallest absolute Gasteiger partial charge is 0.274 e. The molecule has 1 saturated heterocycles. The number of carbonyl (C=O) groups excluding carboxylic acids is 1. The molecule has 1 aliphatic rings. The van der Waals surface area contributed by atoms with Gasteiger partial charge in [-0.2, -0.15) is 0 Å². The van der Waals surface area contributed by atoms with Crippen molar-refractivity contribution in [3.05, 3.63) is 70.7 Å². The summed E-state index contributed by atoms with van der Waals surface area (Å²) in [6.07, 6.45) is 3.10. The molecule has 2 aromatic carbocycles. The number of hydrogen-bond acceptors (Lipinski definition) is 6. The molecule has 10 heteroatoms. The van der Waals surface area contributed by atoms with Gasteiger partial charge in [0.1, 0.15) is 17.3 Å². The standard InChI is InChI=1S/C24H20F3N5OS/c1-13-30-22(23(34-13)14-4-6-15(25)7-5-14)24(33)32-8-2-3-16(32)11-29-21-12-28-19-9-17(26)18(27)10-20(19)31-21/h4-7,9-10,12,16H,2-3,8,11H2,1H3,(H,29,31)/t16-/m0/s1. The Morgan fingerprint density at radius 2 is 1.85 bits per heavy atom. The number of fused-ring (bicyclic) bond motifs is 1. The monoisotopic (exact) mass is 483 g/mol. The first-order valence-electron chi connectivity index (χ1n) is 10.8. The van der Waals surface area contributed by atoms with Gasteiger partial charge in [0.2, 0.25) is 0 Å². The fraction of sp³-hybridized carbons (Fsp3) is 0.250. The van der Waals surface area contributed by atoms with Crippen molar-refractivity contribution >= 4 is 34.1 Å². The van der Waals surface area contributed by atoms with Crippen molar-refractivity contribution < 1.29 is 18.0 Å². The van der Waals surface area contributed by atoms with Gasteiger partial charge in [0.05, 0.1) is 27.1 Å². The van der Waals surface area contributed by atoms with Crippen LogP contribution in [-0.4, -0.2) is 44.9 Å². The van der Waals surface area contributed by atoms with Crippen LogP contribution >= 0.6 is 11.3 Å². The van der Waals surface area contributed by atoms with E-state index in [1.165, 1.54) is 29.7 Å². The third-order valence-electron chi connectivity index (χ3n) is 5.78. The Morgan fingerprint density at radius 3 is 2.62 bits per heavy atom. The fourth-order valence-electron chi connectivity index (χ4n) is 4.14. The number of aryl methyl sites for hydroxylation is 1. The predicted molar refractivity (Wildman–Crippen MR) is 124 cm³/mol. The number of thiazole rings is 1.